The molecule has 0 saturated carbocycles. The second kappa shape index (κ2) is 5.76. The Bertz CT molecular complexity index is 1120. The molecule has 0 atom stereocenters. The molecule has 4 rings (SSSR count). The Kier molecular flexibility index (Phi) is 3.57. The number of aryl methyl sites for hydroxylation is 1. The molecule has 0 aliphatic rings. The summed E-state index contributed by atoms with van der Waals surface area (Å²) in [4.78, 5) is 12.4. The van der Waals surface area contributed by atoms with Crippen LogP contribution in [0.15, 0.2) is 57.8 Å². The van der Waals surface area contributed by atoms with Crippen LogP contribution in [-0.2, 0) is 13.7 Å². The van der Waals surface area contributed by atoms with Crippen molar-refractivity contribution in [1.82, 2.24) is 19.2 Å². The zero-order valence-electron chi connectivity index (χ0n) is 12.8. The van der Waals surface area contributed by atoms with E-state index in [1.54, 1.807) is 13.1 Å². The molecule has 4 aromatic rings. The van der Waals surface area contributed by atoms with Crippen LogP contribution >= 0.6 is 15.9 Å². The van der Waals surface area contributed by atoms with Crippen molar-refractivity contribution >= 4 is 32.6 Å². The maximum Gasteiger partial charge on any atom is 0.262 e. The minimum atomic E-state index is -0.0937. The molecule has 0 aliphatic carbocycles. The van der Waals surface area contributed by atoms with Gasteiger partial charge in [0.15, 0.2) is 5.82 Å². The fraction of sp³-hybridized carbons (Fsp3) is 0.118. The van der Waals surface area contributed by atoms with E-state index < -0.39 is 0 Å². The minimum absolute atomic E-state index is 0.0937. The van der Waals surface area contributed by atoms with Crippen LogP contribution in [0.3, 0.4) is 0 Å². The van der Waals surface area contributed by atoms with Crippen LogP contribution in [0.5, 0.6) is 5.75 Å². The molecule has 2 heterocycles. The molecule has 2 aromatic heterocycles. The molecule has 7 heteroatoms. The van der Waals surface area contributed by atoms with Crippen molar-refractivity contribution < 1.29 is 4.74 Å². The lowest BCUT2D eigenvalue weighted by Crippen LogP contribution is -2.20. The number of para-hydroxylation sites is 2. The number of hydrogen-bond donors (Lipinski definition) is 0. The van der Waals surface area contributed by atoms with Gasteiger partial charge in [-0.1, -0.05) is 24.3 Å². The highest BCUT2D eigenvalue weighted by Gasteiger charge is 2.15. The highest BCUT2D eigenvalue weighted by atomic mass is 79.9. The van der Waals surface area contributed by atoms with E-state index in [1.165, 1.54) is 4.57 Å². The molecule has 0 unspecified atom stereocenters. The molecule has 6 nitrogen and oxygen atoms in total. The molecule has 0 radical (unpaired) electrons. The van der Waals surface area contributed by atoms with E-state index in [9.17, 15) is 4.79 Å². The summed E-state index contributed by atoms with van der Waals surface area (Å²) >= 11 is 3.46. The number of fused-ring (bicyclic) bond motifs is 3. The van der Waals surface area contributed by atoms with Crippen molar-refractivity contribution in [2.75, 3.05) is 0 Å². The molecule has 0 N–H and O–H groups in total. The quantitative estimate of drug-likeness (QED) is 0.544. The van der Waals surface area contributed by atoms with Gasteiger partial charge in [0.05, 0.1) is 15.4 Å². The zero-order valence-corrected chi connectivity index (χ0v) is 14.4. The fourth-order valence-corrected chi connectivity index (χ4v) is 3.09. The third-order valence-corrected chi connectivity index (χ3v) is 4.54. The first kappa shape index (κ1) is 14.9. The summed E-state index contributed by atoms with van der Waals surface area (Å²) < 4.78 is 10.1. The van der Waals surface area contributed by atoms with Crippen molar-refractivity contribution in [2.24, 2.45) is 7.05 Å². The molecule has 24 heavy (non-hydrogen) atoms. The summed E-state index contributed by atoms with van der Waals surface area (Å²) in [5, 5.41) is 8.97. The van der Waals surface area contributed by atoms with E-state index in [0.29, 0.717) is 17.0 Å². The molecule has 2 aromatic carbocycles. The SMILES string of the molecule is Cn1c(=O)c2ccccc2n2c(COc3ccccc3Br)nnc12. The Balaban J connectivity index is 1.85. The normalized spacial score (nSPS) is 11.2. The smallest absolute Gasteiger partial charge is 0.262 e. The number of halogens is 1. The van der Waals surface area contributed by atoms with Gasteiger partial charge in [-0.3, -0.25) is 13.8 Å². The van der Waals surface area contributed by atoms with Gasteiger partial charge in [0.1, 0.15) is 12.4 Å². The molecule has 0 bridgehead atoms. The van der Waals surface area contributed by atoms with E-state index in [2.05, 4.69) is 26.1 Å². The molecule has 0 fully saturated rings. The van der Waals surface area contributed by atoms with Crippen LogP contribution < -0.4 is 10.3 Å². The van der Waals surface area contributed by atoms with Gasteiger partial charge in [-0.15, -0.1) is 10.2 Å². The van der Waals surface area contributed by atoms with Crippen LogP contribution in [0.2, 0.25) is 0 Å². The maximum atomic E-state index is 12.4. The first-order valence-corrected chi connectivity index (χ1v) is 8.15. The molecular formula is C17H13BrN4O2. The van der Waals surface area contributed by atoms with Crippen molar-refractivity contribution in [3.63, 3.8) is 0 Å². The van der Waals surface area contributed by atoms with Crippen molar-refractivity contribution in [3.05, 3.63) is 69.2 Å². The lowest BCUT2D eigenvalue weighted by atomic mass is 10.2. The van der Waals surface area contributed by atoms with Crippen molar-refractivity contribution in [2.45, 2.75) is 6.61 Å². The summed E-state index contributed by atoms with van der Waals surface area (Å²) in [7, 11) is 1.69. The summed E-state index contributed by atoms with van der Waals surface area (Å²) in [6.07, 6.45) is 0. The first-order valence-electron chi connectivity index (χ1n) is 7.36. The van der Waals surface area contributed by atoms with Crippen LogP contribution in [-0.4, -0.2) is 19.2 Å². The lowest BCUT2D eigenvalue weighted by molar-refractivity contribution is 0.293. The Morgan fingerprint density at radius 1 is 1.08 bits per heavy atom. The number of nitrogens with zero attached hydrogens (tertiary/aromatic N) is 4. The van der Waals surface area contributed by atoms with E-state index in [4.69, 9.17) is 4.74 Å². The first-order chi connectivity index (χ1) is 11.7. The van der Waals surface area contributed by atoms with Gasteiger partial charge >= 0.3 is 0 Å². The second-order valence-corrected chi connectivity index (χ2v) is 6.21. The zero-order chi connectivity index (χ0) is 16.7. The predicted molar refractivity (Wildman–Crippen MR) is 94.2 cm³/mol. The van der Waals surface area contributed by atoms with Gasteiger partial charge in [0.25, 0.3) is 5.56 Å². The van der Waals surface area contributed by atoms with Gasteiger partial charge in [-0.2, -0.15) is 0 Å². The molecule has 0 saturated heterocycles. The van der Waals surface area contributed by atoms with Gasteiger partial charge < -0.3 is 4.74 Å². The number of rotatable bonds is 3. The van der Waals surface area contributed by atoms with E-state index in [-0.39, 0.29) is 12.2 Å². The standard InChI is InChI=1S/C17H13BrN4O2/c1-21-16(23)11-6-2-4-8-13(11)22-15(19-20-17(21)22)10-24-14-9-5-3-7-12(14)18/h2-9H,10H2,1H3. The van der Waals surface area contributed by atoms with Gasteiger partial charge in [0, 0.05) is 7.05 Å². The van der Waals surface area contributed by atoms with Crippen LogP contribution in [0.1, 0.15) is 5.82 Å². The fourth-order valence-electron chi connectivity index (χ4n) is 2.69. The minimum Gasteiger partial charge on any atom is -0.484 e. The summed E-state index contributed by atoms with van der Waals surface area (Å²) in [5.41, 5.74) is 0.676. The second-order valence-electron chi connectivity index (χ2n) is 5.35. The van der Waals surface area contributed by atoms with Gasteiger partial charge in [-0.25, -0.2) is 0 Å². The third kappa shape index (κ3) is 2.28. The number of benzene rings is 2. The highest BCUT2D eigenvalue weighted by Crippen LogP contribution is 2.24. The summed E-state index contributed by atoms with van der Waals surface area (Å²) in [6, 6.07) is 15.0. The predicted octanol–water partition coefficient (Wildman–Crippen LogP) is 2.92. The Morgan fingerprint density at radius 3 is 2.67 bits per heavy atom. The number of aromatic nitrogens is 4. The van der Waals surface area contributed by atoms with Crippen molar-refractivity contribution in [3.8, 4) is 5.75 Å². The topological polar surface area (TPSA) is 61.4 Å². The summed E-state index contributed by atoms with van der Waals surface area (Å²) in [5.74, 6) is 1.85. The molecule has 0 amide bonds. The van der Waals surface area contributed by atoms with Crippen LogP contribution in [0.4, 0.5) is 0 Å². The Hall–Kier alpha value is -2.67. The lowest BCUT2D eigenvalue weighted by Gasteiger charge is -2.09. The average Bonchev–Trinajstić information content (AvgIpc) is 3.03. The number of hydrogen-bond acceptors (Lipinski definition) is 4. The maximum absolute atomic E-state index is 12.4. The van der Waals surface area contributed by atoms with Gasteiger partial charge in [-0.05, 0) is 40.2 Å². The highest BCUT2D eigenvalue weighted by molar-refractivity contribution is 9.10. The molecular weight excluding hydrogens is 372 g/mol. The molecule has 0 aliphatic heterocycles. The summed E-state index contributed by atoms with van der Waals surface area (Å²) in [6.45, 7) is 0.242. The van der Waals surface area contributed by atoms with Crippen LogP contribution in [0, 0.1) is 0 Å². The number of ether oxygens (including phenoxy) is 1. The van der Waals surface area contributed by atoms with Crippen molar-refractivity contribution in [1.29, 1.82) is 0 Å². The van der Waals surface area contributed by atoms with E-state index in [1.807, 2.05) is 46.9 Å². The monoisotopic (exact) mass is 384 g/mol. The average molecular weight is 385 g/mol. The van der Waals surface area contributed by atoms with E-state index in [0.717, 1.165) is 15.7 Å². The molecule has 120 valence electrons. The largest absolute Gasteiger partial charge is 0.484 e. The Labute approximate surface area is 145 Å². The van der Waals surface area contributed by atoms with Crippen LogP contribution in [0.25, 0.3) is 16.7 Å². The van der Waals surface area contributed by atoms with E-state index >= 15 is 0 Å². The third-order valence-electron chi connectivity index (χ3n) is 3.89. The Morgan fingerprint density at radius 2 is 1.83 bits per heavy atom. The molecule has 0 spiro atoms. The van der Waals surface area contributed by atoms with Gasteiger partial charge in [0.2, 0.25) is 5.78 Å².